The second kappa shape index (κ2) is 9.99. The molecular weight excluding hydrogens is 434 g/mol. The number of methoxy groups -OCH3 is 1. The van der Waals surface area contributed by atoms with Crippen LogP contribution in [0.3, 0.4) is 0 Å². The average molecular weight is 462 g/mol. The summed E-state index contributed by atoms with van der Waals surface area (Å²) in [6.45, 7) is 1.10. The van der Waals surface area contributed by atoms with Gasteiger partial charge in [-0.25, -0.2) is 8.42 Å². The van der Waals surface area contributed by atoms with E-state index in [-0.39, 0.29) is 22.3 Å². The number of carbonyl (C=O) groups excluding carboxylic acids is 1. The lowest BCUT2D eigenvalue weighted by atomic mass is 9.95. The fourth-order valence-corrected chi connectivity index (χ4v) is 5.23. The molecule has 0 radical (unpaired) electrons. The molecule has 0 saturated heterocycles. The molecule has 1 saturated carbocycles. The number of nitro groups is 1. The molecule has 0 unspecified atom stereocenters. The van der Waals surface area contributed by atoms with Crippen molar-refractivity contribution in [2.75, 3.05) is 18.0 Å². The number of nitrogens with zero attached hydrogens (tertiary/aromatic N) is 2. The number of nitro benzene ring substituents is 1. The molecule has 0 bridgehead atoms. The zero-order chi connectivity index (χ0) is 23.3. The van der Waals surface area contributed by atoms with Crippen molar-refractivity contribution in [3.05, 3.63) is 58.1 Å². The number of anilines is 1. The van der Waals surface area contributed by atoms with Gasteiger partial charge in [-0.15, -0.1) is 0 Å². The van der Waals surface area contributed by atoms with E-state index in [4.69, 9.17) is 4.74 Å². The topological polar surface area (TPSA) is 119 Å². The van der Waals surface area contributed by atoms with Crippen molar-refractivity contribution in [3.8, 4) is 5.75 Å². The van der Waals surface area contributed by atoms with E-state index in [9.17, 15) is 23.3 Å². The molecule has 1 amide bonds. The first kappa shape index (κ1) is 23.5. The highest BCUT2D eigenvalue weighted by molar-refractivity contribution is 7.92. The van der Waals surface area contributed by atoms with E-state index in [2.05, 4.69) is 5.32 Å². The van der Waals surface area contributed by atoms with Crippen molar-refractivity contribution < 1.29 is 22.9 Å². The largest absolute Gasteiger partial charge is 0.497 e. The van der Waals surface area contributed by atoms with Gasteiger partial charge in [0, 0.05) is 17.7 Å². The van der Waals surface area contributed by atoms with Crippen LogP contribution in [0.25, 0.3) is 0 Å². The molecule has 0 aromatic heterocycles. The molecule has 0 spiro atoms. The van der Waals surface area contributed by atoms with Crippen molar-refractivity contribution in [3.63, 3.8) is 0 Å². The Balaban J connectivity index is 1.95. The van der Waals surface area contributed by atoms with Gasteiger partial charge in [0.1, 0.15) is 12.3 Å². The Morgan fingerprint density at radius 3 is 2.41 bits per heavy atom. The highest BCUT2D eigenvalue weighted by Crippen LogP contribution is 2.29. The van der Waals surface area contributed by atoms with E-state index in [0.29, 0.717) is 11.3 Å². The summed E-state index contributed by atoms with van der Waals surface area (Å²) in [5.74, 6) is 0.113. The number of hydrogen-bond acceptors (Lipinski definition) is 6. The number of ether oxygens (including phenoxy) is 1. The van der Waals surface area contributed by atoms with E-state index >= 15 is 0 Å². The first-order valence-electron chi connectivity index (χ1n) is 10.4. The summed E-state index contributed by atoms with van der Waals surface area (Å²) in [5, 5.41) is 14.3. The molecule has 1 fully saturated rings. The van der Waals surface area contributed by atoms with Crippen LogP contribution in [0.1, 0.15) is 37.7 Å². The Hall–Kier alpha value is -3.14. The summed E-state index contributed by atoms with van der Waals surface area (Å²) in [7, 11) is -2.76. The van der Waals surface area contributed by atoms with Crippen molar-refractivity contribution in [1.82, 2.24) is 5.32 Å². The van der Waals surface area contributed by atoms with Crippen LogP contribution < -0.4 is 14.4 Å². The fraction of sp³-hybridized carbons (Fsp3) is 0.409. The summed E-state index contributed by atoms with van der Waals surface area (Å²) in [6, 6.07) is 10.0. The number of rotatable bonds is 8. The highest BCUT2D eigenvalue weighted by Gasteiger charge is 2.30. The van der Waals surface area contributed by atoms with Gasteiger partial charge < -0.3 is 10.1 Å². The van der Waals surface area contributed by atoms with Gasteiger partial charge in [-0.1, -0.05) is 25.3 Å². The van der Waals surface area contributed by atoms with E-state index in [1.54, 1.807) is 12.1 Å². The molecule has 1 aliphatic rings. The number of hydrogen-bond donors (Lipinski definition) is 1. The number of sulfonamides is 1. The van der Waals surface area contributed by atoms with Gasteiger partial charge in [0.2, 0.25) is 5.91 Å². The van der Waals surface area contributed by atoms with Crippen molar-refractivity contribution in [2.45, 2.75) is 50.0 Å². The lowest BCUT2D eigenvalue weighted by molar-refractivity contribution is -0.385. The summed E-state index contributed by atoms with van der Waals surface area (Å²) in [4.78, 5) is 23.2. The quantitative estimate of drug-likeness (QED) is 0.474. The smallest absolute Gasteiger partial charge is 0.273 e. The third-order valence-electron chi connectivity index (χ3n) is 5.58. The van der Waals surface area contributed by atoms with Gasteiger partial charge >= 0.3 is 0 Å². The first-order chi connectivity index (χ1) is 15.2. The van der Waals surface area contributed by atoms with Crippen molar-refractivity contribution >= 4 is 27.3 Å². The summed E-state index contributed by atoms with van der Waals surface area (Å²) in [5.41, 5.74) is 0.306. The summed E-state index contributed by atoms with van der Waals surface area (Å²) < 4.78 is 33.1. The maximum Gasteiger partial charge on any atom is 0.273 e. The number of nitrogens with one attached hydrogen (secondary N) is 1. The minimum Gasteiger partial charge on any atom is -0.497 e. The lowest BCUT2D eigenvalue weighted by Gasteiger charge is -2.27. The molecule has 1 N–H and O–H groups in total. The maximum atomic E-state index is 13.5. The third kappa shape index (κ3) is 5.37. The molecule has 2 aromatic rings. The average Bonchev–Trinajstić information content (AvgIpc) is 2.78. The Kier molecular flexibility index (Phi) is 7.34. The molecule has 0 aliphatic heterocycles. The van der Waals surface area contributed by atoms with E-state index in [1.807, 2.05) is 0 Å². The van der Waals surface area contributed by atoms with Gasteiger partial charge in [-0.2, -0.15) is 0 Å². The van der Waals surface area contributed by atoms with Crippen LogP contribution >= 0.6 is 0 Å². The predicted molar refractivity (Wildman–Crippen MR) is 120 cm³/mol. The predicted octanol–water partition coefficient (Wildman–Crippen LogP) is 3.56. The minimum atomic E-state index is -4.26. The first-order valence-corrected chi connectivity index (χ1v) is 11.9. The SMILES string of the molecule is COc1ccc(N(CC(=O)NC2CCCCC2)S(=O)(=O)c2ccc(C)c([N+](=O)[O-])c2)cc1. The second-order valence-electron chi connectivity index (χ2n) is 7.82. The van der Waals surface area contributed by atoms with Crippen LogP contribution in [0.4, 0.5) is 11.4 Å². The number of benzene rings is 2. The molecule has 0 heterocycles. The van der Waals surface area contributed by atoms with Crippen LogP contribution in [-0.4, -0.2) is 38.9 Å². The molecule has 10 heteroatoms. The van der Waals surface area contributed by atoms with Crippen LogP contribution in [0.5, 0.6) is 5.75 Å². The maximum absolute atomic E-state index is 13.5. The molecule has 172 valence electrons. The van der Waals surface area contributed by atoms with Crippen LogP contribution in [0.2, 0.25) is 0 Å². The standard InChI is InChI=1S/C22H27N3O6S/c1-16-8-13-20(14-21(16)25(27)28)32(29,30)24(18-9-11-19(31-2)12-10-18)15-22(26)23-17-6-4-3-5-7-17/h8-14,17H,3-7,15H2,1-2H3,(H,23,26). The van der Waals surface area contributed by atoms with Gasteiger partial charge in [-0.05, 0) is 50.1 Å². The number of amides is 1. The summed E-state index contributed by atoms with van der Waals surface area (Å²) in [6.07, 6.45) is 4.91. The van der Waals surface area contributed by atoms with E-state index in [1.165, 1.54) is 38.3 Å². The van der Waals surface area contributed by atoms with Crippen LogP contribution in [0, 0.1) is 17.0 Å². The van der Waals surface area contributed by atoms with E-state index in [0.717, 1.165) is 42.5 Å². The van der Waals surface area contributed by atoms with Crippen molar-refractivity contribution in [2.24, 2.45) is 0 Å². The third-order valence-corrected chi connectivity index (χ3v) is 7.35. The van der Waals surface area contributed by atoms with Gasteiger partial charge in [-0.3, -0.25) is 19.2 Å². The number of carbonyl (C=O) groups is 1. The molecular formula is C22H27N3O6S. The molecule has 3 rings (SSSR count). The van der Waals surface area contributed by atoms with E-state index < -0.39 is 27.4 Å². The molecule has 9 nitrogen and oxygen atoms in total. The number of aryl methyl sites for hydroxylation is 1. The monoisotopic (exact) mass is 461 g/mol. The Labute approximate surface area is 187 Å². The van der Waals surface area contributed by atoms with Crippen LogP contribution in [-0.2, 0) is 14.8 Å². The molecule has 0 atom stereocenters. The van der Waals surface area contributed by atoms with Crippen molar-refractivity contribution in [1.29, 1.82) is 0 Å². The van der Waals surface area contributed by atoms with Gasteiger partial charge in [0.15, 0.2) is 0 Å². The Morgan fingerprint density at radius 2 is 1.81 bits per heavy atom. The highest BCUT2D eigenvalue weighted by atomic mass is 32.2. The lowest BCUT2D eigenvalue weighted by Crippen LogP contribution is -2.44. The minimum absolute atomic E-state index is 0.0251. The Morgan fingerprint density at radius 1 is 1.16 bits per heavy atom. The normalized spacial score (nSPS) is 14.6. The van der Waals surface area contributed by atoms with Gasteiger partial charge in [0.05, 0.1) is 22.6 Å². The molecule has 2 aromatic carbocycles. The van der Waals surface area contributed by atoms with Crippen LogP contribution in [0.15, 0.2) is 47.4 Å². The second-order valence-corrected chi connectivity index (χ2v) is 9.68. The summed E-state index contributed by atoms with van der Waals surface area (Å²) >= 11 is 0. The molecule has 1 aliphatic carbocycles. The Bertz CT molecular complexity index is 1080. The fourth-order valence-electron chi connectivity index (χ4n) is 3.79. The zero-order valence-corrected chi connectivity index (χ0v) is 18.9. The zero-order valence-electron chi connectivity index (χ0n) is 18.1. The van der Waals surface area contributed by atoms with Gasteiger partial charge in [0.25, 0.3) is 15.7 Å². The molecule has 32 heavy (non-hydrogen) atoms.